The van der Waals surface area contributed by atoms with Gasteiger partial charge in [0, 0.05) is 29.9 Å². The van der Waals surface area contributed by atoms with E-state index in [0.717, 1.165) is 52.9 Å². The van der Waals surface area contributed by atoms with Gasteiger partial charge in [0.1, 0.15) is 5.76 Å². The third-order valence-corrected chi connectivity index (χ3v) is 5.69. The van der Waals surface area contributed by atoms with Crippen LogP contribution in [0.2, 0.25) is 0 Å². The molecule has 0 N–H and O–H groups in total. The second-order valence-electron chi connectivity index (χ2n) is 6.93. The number of Topliss-reactive ketones (excluding diaryl/α,β-unsaturated/α-hetero) is 1. The highest BCUT2D eigenvalue weighted by molar-refractivity contribution is 9.10. The maximum absolute atomic E-state index is 13.3. The van der Waals surface area contributed by atoms with Gasteiger partial charge in [-0.3, -0.25) is 4.79 Å². The normalized spacial score (nSPS) is 19.6. The Balaban J connectivity index is 1.84. The van der Waals surface area contributed by atoms with Crippen molar-refractivity contribution < 1.29 is 9.53 Å². The lowest BCUT2D eigenvalue weighted by Crippen LogP contribution is -2.24. The summed E-state index contributed by atoms with van der Waals surface area (Å²) in [4.78, 5) is 15.5. The fourth-order valence-electron chi connectivity index (χ4n) is 3.88. The summed E-state index contributed by atoms with van der Waals surface area (Å²) in [5, 5.41) is 0. The first-order valence-electron chi connectivity index (χ1n) is 9.23. The van der Waals surface area contributed by atoms with Gasteiger partial charge in [-0.15, -0.1) is 0 Å². The summed E-state index contributed by atoms with van der Waals surface area (Å²) in [7, 11) is 1.68. The van der Waals surface area contributed by atoms with Crippen molar-refractivity contribution in [3.05, 3.63) is 63.5 Å². The zero-order valence-corrected chi connectivity index (χ0v) is 17.3. The maximum Gasteiger partial charge on any atom is 0.170 e. The molecule has 0 bridgehead atoms. The minimum absolute atomic E-state index is 0.00649. The summed E-state index contributed by atoms with van der Waals surface area (Å²) in [5.41, 5.74) is 4.19. The Morgan fingerprint density at radius 3 is 2.77 bits per heavy atom. The molecule has 2 aliphatic rings. The molecule has 1 aromatic rings. The van der Waals surface area contributed by atoms with Crippen LogP contribution in [-0.2, 0) is 16.0 Å². The van der Waals surface area contributed by atoms with Crippen LogP contribution in [0.1, 0.15) is 36.5 Å². The zero-order valence-electron chi connectivity index (χ0n) is 15.7. The number of hydrogen-bond acceptors (Lipinski definition) is 3. The van der Waals surface area contributed by atoms with Crippen molar-refractivity contribution in [2.24, 2.45) is 5.92 Å². The van der Waals surface area contributed by atoms with Crippen molar-refractivity contribution in [2.45, 2.75) is 33.1 Å². The average Bonchev–Trinajstić information content (AvgIpc) is 2.95. The van der Waals surface area contributed by atoms with E-state index in [-0.39, 0.29) is 11.7 Å². The molecule has 0 saturated heterocycles. The van der Waals surface area contributed by atoms with E-state index >= 15 is 0 Å². The summed E-state index contributed by atoms with van der Waals surface area (Å²) >= 11 is 3.57. The summed E-state index contributed by atoms with van der Waals surface area (Å²) in [6, 6.07) is 4.20. The van der Waals surface area contributed by atoms with Gasteiger partial charge in [-0.1, -0.05) is 35.0 Å². The van der Waals surface area contributed by atoms with Crippen molar-refractivity contribution in [3.8, 4) is 0 Å². The van der Waals surface area contributed by atoms with Crippen molar-refractivity contribution in [2.75, 3.05) is 20.2 Å². The van der Waals surface area contributed by atoms with E-state index in [0.29, 0.717) is 6.42 Å². The van der Waals surface area contributed by atoms with Crippen LogP contribution < -0.4 is 0 Å². The van der Waals surface area contributed by atoms with Gasteiger partial charge in [0.2, 0.25) is 0 Å². The highest BCUT2D eigenvalue weighted by Crippen LogP contribution is 2.40. The Hall–Kier alpha value is -1.81. The molecule has 26 heavy (non-hydrogen) atoms. The van der Waals surface area contributed by atoms with Crippen LogP contribution in [0.4, 0.5) is 0 Å². The second-order valence-corrected chi connectivity index (χ2v) is 7.85. The number of rotatable bonds is 6. The fraction of sp³-hybridized carbons (Fsp3) is 0.409. The van der Waals surface area contributed by atoms with Gasteiger partial charge in [0.15, 0.2) is 5.78 Å². The van der Waals surface area contributed by atoms with E-state index in [1.807, 2.05) is 6.08 Å². The number of halogens is 1. The second kappa shape index (κ2) is 8.26. The summed E-state index contributed by atoms with van der Waals surface area (Å²) in [6.07, 6.45) is 10.8. The molecule has 3 rings (SSSR count). The van der Waals surface area contributed by atoms with Crippen LogP contribution >= 0.6 is 15.9 Å². The molecule has 1 unspecified atom stereocenters. The molecule has 1 aliphatic heterocycles. The Morgan fingerprint density at radius 1 is 1.31 bits per heavy atom. The van der Waals surface area contributed by atoms with Gasteiger partial charge in [0.05, 0.1) is 12.7 Å². The van der Waals surface area contributed by atoms with Crippen LogP contribution in [0.25, 0.3) is 5.57 Å². The van der Waals surface area contributed by atoms with Crippen molar-refractivity contribution in [1.29, 1.82) is 0 Å². The lowest BCUT2D eigenvalue weighted by atomic mass is 9.90. The van der Waals surface area contributed by atoms with Crippen LogP contribution in [0.15, 0.2) is 46.8 Å². The van der Waals surface area contributed by atoms with Crippen LogP contribution in [0, 0.1) is 12.8 Å². The van der Waals surface area contributed by atoms with Crippen LogP contribution in [0.5, 0.6) is 0 Å². The molecule has 3 nitrogen and oxygen atoms in total. The molecule has 1 aromatic carbocycles. The number of carbonyl (C=O) groups excluding carboxylic acids is 1. The first-order chi connectivity index (χ1) is 12.5. The molecule has 0 saturated carbocycles. The number of methoxy groups -OCH3 is 1. The Kier molecular flexibility index (Phi) is 6.02. The van der Waals surface area contributed by atoms with E-state index in [2.05, 4.69) is 65.2 Å². The largest absolute Gasteiger partial charge is 0.500 e. The summed E-state index contributed by atoms with van der Waals surface area (Å²) in [5.74, 6) is 1.08. The first kappa shape index (κ1) is 19.0. The molecule has 0 aromatic heterocycles. The fourth-order valence-corrected chi connectivity index (χ4v) is 4.50. The lowest BCUT2D eigenvalue weighted by Gasteiger charge is -2.22. The van der Waals surface area contributed by atoms with E-state index in [1.54, 1.807) is 7.11 Å². The maximum atomic E-state index is 13.3. The molecule has 138 valence electrons. The highest BCUT2D eigenvalue weighted by Gasteiger charge is 2.36. The van der Waals surface area contributed by atoms with Crippen molar-refractivity contribution in [3.63, 3.8) is 0 Å². The summed E-state index contributed by atoms with van der Waals surface area (Å²) in [6.45, 7) is 6.01. The lowest BCUT2D eigenvalue weighted by molar-refractivity contribution is -0.116. The Labute approximate surface area is 164 Å². The number of ether oxygens (including phenoxy) is 1. The minimum atomic E-state index is 0.00649. The van der Waals surface area contributed by atoms with Gasteiger partial charge < -0.3 is 9.64 Å². The molecule has 0 amide bonds. The predicted octanol–water partition coefficient (Wildman–Crippen LogP) is 5.04. The van der Waals surface area contributed by atoms with Gasteiger partial charge in [0.25, 0.3) is 0 Å². The smallest absolute Gasteiger partial charge is 0.170 e. The summed E-state index contributed by atoms with van der Waals surface area (Å²) < 4.78 is 6.72. The Bertz CT molecular complexity index is 792. The number of carbonyl (C=O) groups is 1. The number of hydrogen-bond donors (Lipinski definition) is 0. The minimum Gasteiger partial charge on any atom is -0.500 e. The molecular formula is C22H26BrNO2. The number of aryl methyl sites for hydroxylation is 2. The zero-order chi connectivity index (χ0) is 18.7. The number of ketones is 1. The topological polar surface area (TPSA) is 29.5 Å². The van der Waals surface area contributed by atoms with E-state index in [9.17, 15) is 4.79 Å². The van der Waals surface area contributed by atoms with Gasteiger partial charge >= 0.3 is 0 Å². The number of nitrogens with zero attached hydrogens (tertiary/aromatic N) is 1. The number of benzene rings is 1. The molecule has 0 spiro atoms. The molecular weight excluding hydrogens is 390 g/mol. The molecule has 1 heterocycles. The first-order valence-corrected chi connectivity index (χ1v) is 10.0. The third kappa shape index (κ3) is 3.80. The van der Waals surface area contributed by atoms with E-state index in [1.165, 1.54) is 5.56 Å². The van der Waals surface area contributed by atoms with E-state index < -0.39 is 0 Å². The highest BCUT2D eigenvalue weighted by atomic mass is 79.9. The van der Waals surface area contributed by atoms with Crippen LogP contribution in [0.3, 0.4) is 0 Å². The van der Waals surface area contributed by atoms with Gasteiger partial charge in [-0.05, 0) is 60.9 Å². The molecule has 1 aliphatic carbocycles. The van der Waals surface area contributed by atoms with Gasteiger partial charge in [-0.2, -0.15) is 0 Å². The quantitative estimate of drug-likeness (QED) is 0.651. The standard InChI is InChI=1S/C22H26BrNO2/c1-4-16-13-18(23)12-15(2)20(16)21-19(26-3)14-17(22(21)25)8-11-24-9-6-5-7-10-24/h5-7,9,12-13,17H,4,8,10-11,14H2,1-3H3. The SMILES string of the molecule is CCc1cc(Br)cc(C)c1C1=C(OC)CC(CCN2C=CC=CC2)C1=O. The Morgan fingerprint density at radius 2 is 2.12 bits per heavy atom. The van der Waals surface area contributed by atoms with Crippen molar-refractivity contribution >= 4 is 27.3 Å². The predicted molar refractivity (Wildman–Crippen MR) is 110 cm³/mol. The van der Waals surface area contributed by atoms with Crippen molar-refractivity contribution in [1.82, 2.24) is 4.90 Å². The van der Waals surface area contributed by atoms with E-state index in [4.69, 9.17) is 4.74 Å². The van der Waals surface area contributed by atoms with Crippen LogP contribution in [-0.4, -0.2) is 30.9 Å². The van der Waals surface area contributed by atoms with Gasteiger partial charge in [-0.25, -0.2) is 0 Å². The monoisotopic (exact) mass is 415 g/mol. The average molecular weight is 416 g/mol. The number of allylic oxidation sites excluding steroid dienone is 4. The third-order valence-electron chi connectivity index (χ3n) is 5.24. The molecule has 0 radical (unpaired) electrons. The molecule has 1 atom stereocenters. The molecule has 0 fully saturated rings. The molecule has 4 heteroatoms.